The predicted octanol–water partition coefficient (Wildman–Crippen LogP) is 15.1. The molecule has 258 valence electrons. The van der Waals surface area contributed by atoms with Crippen molar-refractivity contribution in [1.29, 1.82) is 0 Å². The van der Waals surface area contributed by atoms with Crippen LogP contribution in [-0.4, -0.2) is 0 Å². The molecule has 55 heavy (non-hydrogen) atoms. The van der Waals surface area contributed by atoms with Gasteiger partial charge < -0.3 is 13.7 Å². The molecule has 0 saturated carbocycles. The van der Waals surface area contributed by atoms with Crippen LogP contribution in [0.5, 0.6) is 0 Å². The van der Waals surface area contributed by atoms with E-state index >= 15 is 0 Å². The number of para-hydroxylation sites is 1. The minimum absolute atomic E-state index is 0.849. The highest BCUT2D eigenvalue weighted by Gasteiger charge is 2.23. The molecule has 11 rings (SSSR count). The molecule has 0 fully saturated rings. The molecule has 0 aliphatic rings. The summed E-state index contributed by atoms with van der Waals surface area (Å²) < 4.78 is 13.4. The number of benzene rings is 9. The van der Waals surface area contributed by atoms with Crippen molar-refractivity contribution in [2.75, 3.05) is 4.90 Å². The number of hydrogen-bond acceptors (Lipinski definition) is 3. The lowest BCUT2D eigenvalue weighted by Gasteiger charge is -2.27. The lowest BCUT2D eigenvalue weighted by molar-refractivity contribution is 0.664. The van der Waals surface area contributed by atoms with Gasteiger partial charge in [-0.05, 0) is 81.7 Å². The smallest absolute Gasteiger partial charge is 0.144 e. The molecule has 0 atom stereocenters. The average Bonchev–Trinajstić information content (AvgIpc) is 3.82. The predicted molar refractivity (Wildman–Crippen MR) is 229 cm³/mol. The summed E-state index contributed by atoms with van der Waals surface area (Å²) in [6, 6.07) is 70.8. The van der Waals surface area contributed by atoms with Gasteiger partial charge in [0.2, 0.25) is 0 Å². The van der Waals surface area contributed by atoms with Gasteiger partial charge in [0.15, 0.2) is 0 Å². The van der Waals surface area contributed by atoms with E-state index in [4.69, 9.17) is 8.83 Å². The van der Waals surface area contributed by atoms with Crippen molar-refractivity contribution in [3.8, 4) is 33.4 Å². The van der Waals surface area contributed by atoms with Crippen LogP contribution < -0.4 is 4.90 Å². The summed E-state index contributed by atoms with van der Waals surface area (Å²) >= 11 is 0. The molecular weight excluding hydrogens is 671 g/mol. The van der Waals surface area contributed by atoms with Crippen molar-refractivity contribution in [1.82, 2.24) is 0 Å². The Balaban J connectivity index is 1.08. The third-order valence-electron chi connectivity index (χ3n) is 10.9. The molecule has 0 aliphatic heterocycles. The second-order valence-electron chi connectivity index (χ2n) is 14.0. The van der Waals surface area contributed by atoms with Crippen LogP contribution in [-0.2, 0) is 0 Å². The summed E-state index contributed by atoms with van der Waals surface area (Å²) in [7, 11) is 0. The van der Waals surface area contributed by atoms with E-state index in [2.05, 4.69) is 193 Å². The number of furan rings is 2. The molecule has 11 aromatic rings. The van der Waals surface area contributed by atoms with Crippen molar-refractivity contribution in [3.63, 3.8) is 0 Å². The van der Waals surface area contributed by atoms with Gasteiger partial charge in [0.25, 0.3) is 0 Å². The molecule has 0 aliphatic carbocycles. The zero-order valence-corrected chi connectivity index (χ0v) is 29.8. The zero-order chi connectivity index (χ0) is 36.3. The molecule has 9 aromatic carbocycles. The molecule has 2 heterocycles. The van der Waals surface area contributed by atoms with E-state index in [-0.39, 0.29) is 0 Å². The highest BCUT2D eigenvalue weighted by atomic mass is 16.3. The van der Waals surface area contributed by atoms with Crippen LogP contribution in [0.2, 0.25) is 0 Å². The van der Waals surface area contributed by atoms with Crippen LogP contribution in [0.1, 0.15) is 0 Å². The van der Waals surface area contributed by atoms with E-state index < -0.39 is 0 Å². The Kier molecular flexibility index (Phi) is 7.17. The van der Waals surface area contributed by atoms with Gasteiger partial charge in [-0.25, -0.2) is 0 Å². The first-order valence-corrected chi connectivity index (χ1v) is 18.7. The second kappa shape index (κ2) is 12.6. The summed E-state index contributed by atoms with van der Waals surface area (Å²) in [4.78, 5) is 2.36. The number of fused-ring (bicyclic) bond motifs is 7. The zero-order valence-electron chi connectivity index (χ0n) is 29.8. The number of anilines is 3. The van der Waals surface area contributed by atoms with E-state index in [1.54, 1.807) is 0 Å². The Labute approximate surface area is 317 Å². The molecule has 0 saturated heterocycles. The Hall–Kier alpha value is -7.36. The van der Waals surface area contributed by atoms with Crippen LogP contribution in [0.15, 0.2) is 209 Å². The normalized spacial score (nSPS) is 11.6. The number of rotatable bonds is 6. The van der Waals surface area contributed by atoms with Crippen molar-refractivity contribution in [3.05, 3.63) is 200 Å². The van der Waals surface area contributed by atoms with E-state index in [1.807, 2.05) is 12.1 Å². The molecule has 0 spiro atoms. The summed E-state index contributed by atoms with van der Waals surface area (Å²) in [6.45, 7) is 0. The molecule has 3 nitrogen and oxygen atoms in total. The SMILES string of the molecule is c1ccc(-c2ccc(N(c3ccc(-c4cccc5oc6c(-c7ccccc7)c7c(cc6c45)oc4ccccc47)cc3)c3cccc4ccccc34)cc2)cc1. The summed E-state index contributed by atoms with van der Waals surface area (Å²) in [5, 5.41) is 6.67. The monoisotopic (exact) mass is 703 g/mol. The second-order valence-corrected chi connectivity index (χ2v) is 14.0. The van der Waals surface area contributed by atoms with Gasteiger partial charge in [-0.3, -0.25) is 0 Å². The quantitative estimate of drug-likeness (QED) is 0.173. The van der Waals surface area contributed by atoms with Gasteiger partial charge >= 0.3 is 0 Å². The average molecular weight is 704 g/mol. The van der Waals surface area contributed by atoms with Crippen molar-refractivity contribution >= 4 is 71.7 Å². The van der Waals surface area contributed by atoms with Crippen LogP contribution >= 0.6 is 0 Å². The molecular formula is C52H33NO2. The fourth-order valence-electron chi connectivity index (χ4n) is 8.34. The van der Waals surface area contributed by atoms with E-state index in [1.165, 1.54) is 21.9 Å². The van der Waals surface area contributed by atoms with Gasteiger partial charge in [-0.1, -0.05) is 152 Å². The van der Waals surface area contributed by atoms with E-state index in [0.717, 1.165) is 83.2 Å². The maximum absolute atomic E-state index is 6.84. The van der Waals surface area contributed by atoms with Gasteiger partial charge in [-0.2, -0.15) is 0 Å². The fourth-order valence-corrected chi connectivity index (χ4v) is 8.34. The first-order chi connectivity index (χ1) is 27.3. The highest BCUT2D eigenvalue weighted by Crippen LogP contribution is 2.47. The number of nitrogens with zero attached hydrogens (tertiary/aromatic N) is 1. The molecule has 2 aromatic heterocycles. The van der Waals surface area contributed by atoms with Crippen LogP contribution in [0.25, 0.3) is 88.0 Å². The van der Waals surface area contributed by atoms with E-state index in [9.17, 15) is 0 Å². The van der Waals surface area contributed by atoms with Gasteiger partial charge in [0.05, 0.1) is 5.69 Å². The standard InChI is InChI=1S/C52H33NO2/c1-3-13-34(14-4-1)35-25-29-39(30-26-35)53(45-22-11-18-36-15-7-8-19-41(36)45)40-31-27-37(28-32-40)42-21-12-24-47-50(42)44-33-48-51(43-20-9-10-23-46(43)54-48)49(52(44)55-47)38-16-5-2-6-17-38/h1-33H. The lowest BCUT2D eigenvalue weighted by atomic mass is 9.94. The third kappa shape index (κ3) is 5.13. The first-order valence-electron chi connectivity index (χ1n) is 18.7. The Morgan fingerprint density at radius 3 is 1.69 bits per heavy atom. The van der Waals surface area contributed by atoms with Gasteiger partial charge in [0, 0.05) is 43.9 Å². The van der Waals surface area contributed by atoms with Crippen LogP contribution in [0.3, 0.4) is 0 Å². The lowest BCUT2D eigenvalue weighted by Crippen LogP contribution is -2.10. The minimum Gasteiger partial charge on any atom is -0.456 e. The van der Waals surface area contributed by atoms with Gasteiger partial charge in [0.1, 0.15) is 22.3 Å². The Morgan fingerprint density at radius 2 is 0.927 bits per heavy atom. The molecule has 0 unspecified atom stereocenters. The van der Waals surface area contributed by atoms with Gasteiger partial charge in [-0.15, -0.1) is 0 Å². The molecule has 3 heteroatoms. The minimum atomic E-state index is 0.849. The molecule has 0 radical (unpaired) electrons. The molecule has 0 bridgehead atoms. The maximum Gasteiger partial charge on any atom is 0.144 e. The summed E-state index contributed by atoms with van der Waals surface area (Å²) in [5.74, 6) is 0. The van der Waals surface area contributed by atoms with Crippen LogP contribution in [0, 0.1) is 0 Å². The van der Waals surface area contributed by atoms with Crippen molar-refractivity contribution in [2.24, 2.45) is 0 Å². The number of hydrogen-bond donors (Lipinski definition) is 0. The van der Waals surface area contributed by atoms with Crippen molar-refractivity contribution < 1.29 is 8.83 Å². The highest BCUT2D eigenvalue weighted by molar-refractivity contribution is 6.25. The summed E-state index contributed by atoms with van der Waals surface area (Å²) in [5.41, 5.74) is 13.5. The van der Waals surface area contributed by atoms with Crippen LogP contribution in [0.4, 0.5) is 17.1 Å². The van der Waals surface area contributed by atoms with E-state index in [0.29, 0.717) is 0 Å². The fraction of sp³-hybridized carbons (Fsp3) is 0. The molecule has 0 amide bonds. The Morgan fingerprint density at radius 1 is 0.345 bits per heavy atom. The largest absolute Gasteiger partial charge is 0.456 e. The maximum atomic E-state index is 6.84. The van der Waals surface area contributed by atoms with Crippen molar-refractivity contribution in [2.45, 2.75) is 0 Å². The topological polar surface area (TPSA) is 29.5 Å². The summed E-state index contributed by atoms with van der Waals surface area (Å²) in [6.07, 6.45) is 0. The first kappa shape index (κ1) is 31.2. The Bertz CT molecular complexity index is 3170. The molecule has 0 N–H and O–H groups in total. The third-order valence-corrected chi connectivity index (χ3v) is 10.9.